The number of carbonyl (C=O) groups is 1. The van der Waals surface area contributed by atoms with Gasteiger partial charge < -0.3 is 10.6 Å². The number of hydrogen-bond donors (Lipinski definition) is 2. The van der Waals surface area contributed by atoms with E-state index < -0.39 is 0 Å². The second-order valence-electron chi connectivity index (χ2n) is 6.07. The van der Waals surface area contributed by atoms with Crippen LogP contribution in [0.4, 0.5) is 10.5 Å². The fraction of sp³-hybridized carbons (Fsp3) is 0.136. The molecule has 0 unspecified atom stereocenters. The van der Waals surface area contributed by atoms with Crippen LogP contribution in [0.1, 0.15) is 22.7 Å². The Morgan fingerprint density at radius 2 is 1.44 bits per heavy atom. The number of benzene rings is 3. The molecule has 25 heavy (non-hydrogen) atoms. The number of nitrogens with one attached hydrogen (secondary N) is 2. The minimum absolute atomic E-state index is 0.0902. The molecule has 1 atom stereocenters. The summed E-state index contributed by atoms with van der Waals surface area (Å²) in [6.07, 6.45) is 0.742. The molecule has 3 aromatic rings. The van der Waals surface area contributed by atoms with Crippen molar-refractivity contribution in [1.82, 2.24) is 5.32 Å². The first-order valence-corrected chi connectivity index (χ1v) is 8.44. The van der Waals surface area contributed by atoms with Gasteiger partial charge in [-0.2, -0.15) is 0 Å². The van der Waals surface area contributed by atoms with Gasteiger partial charge in [0.25, 0.3) is 0 Å². The Labute approximate surface area is 148 Å². The van der Waals surface area contributed by atoms with Gasteiger partial charge in [0.05, 0.1) is 6.04 Å². The highest BCUT2D eigenvalue weighted by Gasteiger charge is 2.15. The van der Waals surface area contributed by atoms with Crippen LogP contribution in [0.2, 0.25) is 0 Å². The van der Waals surface area contributed by atoms with Crippen LogP contribution in [0.25, 0.3) is 0 Å². The molecule has 0 aliphatic heterocycles. The van der Waals surface area contributed by atoms with Gasteiger partial charge in [-0.25, -0.2) is 4.79 Å². The van der Waals surface area contributed by atoms with Crippen molar-refractivity contribution in [3.05, 3.63) is 102 Å². The molecule has 3 aromatic carbocycles. The van der Waals surface area contributed by atoms with Gasteiger partial charge in [0.1, 0.15) is 0 Å². The third-order valence-corrected chi connectivity index (χ3v) is 4.18. The number of hydrogen-bond acceptors (Lipinski definition) is 1. The normalized spacial score (nSPS) is 11.6. The van der Waals surface area contributed by atoms with Crippen LogP contribution < -0.4 is 10.6 Å². The molecule has 0 fully saturated rings. The zero-order chi connectivity index (χ0) is 17.5. The van der Waals surface area contributed by atoms with Crippen LogP contribution in [-0.4, -0.2) is 6.03 Å². The largest absolute Gasteiger partial charge is 0.331 e. The van der Waals surface area contributed by atoms with Crippen molar-refractivity contribution in [2.45, 2.75) is 19.4 Å². The second-order valence-corrected chi connectivity index (χ2v) is 6.07. The van der Waals surface area contributed by atoms with Crippen molar-refractivity contribution in [3.8, 4) is 0 Å². The van der Waals surface area contributed by atoms with Gasteiger partial charge in [0.2, 0.25) is 0 Å². The highest BCUT2D eigenvalue weighted by Crippen LogP contribution is 2.19. The molecule has 2 N–H and O–H groups in total. The molecular formula is C22H22N2O. The Morgan fingerprint density at radius 3 is 2.12 bits per heavy atom. The van der Waals surface area contributed by atoms with E-state index in [1.165, 1.54) is 5.56 Å². The van der Waals surface area contributed by atoms with E-state index in [0.29, 0.717) is 0 Å². The Morgan fingerprint density at radius 1 is 0.840 bits per heavy atom. The maximum atomic E-state index is 12.5. The smallest absolute Gasteiger partial charge is 0.319 e. The SMILES string of the molecule is Cc1ccccc1NC(=O)N[C@@H](Cc1ccccc1)c1ccccc1. The van der Waals surface area contributed by atoms with E-state index in [-0.39, 0.29) is 12.1 Å². The molecule has 3 nitrogen and oxygen atoms in total. The Hall–Kier alpha value is -3.07. The van der Waals surface area contributed by atoms with Gasteiger partial charge >= 0.3 is 6.03 Å². The molecule has 0 heterocycles. The Balaban J connectivity index is 1.75. The van der Waals surface area contributed by atoms with Gasteiger partial charge in [0, 0.05) is 5.69 Å². The Kier molecular flexibility index (Phi) is 5.47. The number of anilines is 1. The van der Waals surface area contributed by atoms with Gasteiger partial charge in [-0.1, -0.05) is 78.9 Å². The number of rotatable bonds is 5. The summed E-state index contributed by atoms with van der Waals surface area (Å²) in [4.78, 5) is 12.5. The summed E-state index contributed by atoms with van der Waals surface area (Å²) >= 11 is 0. The quantitative estimate of drug-likeness (QED) is 0.671. The van der Waals surface area contributed by atoms with E-state index in [0.717, 1.165) is 23.2 Å². The van der Waals surface area contributed by atoms with Crippen molar-refractivity contribution in [2.24, 2.45) is 0 Å². The van der Waals surface area contributed by atoms with E-state index in [1.807, 2.05) is 79.7 Å². The molecular weight excluding hydrogens is 308 g/mol. The fourth-order valence-electron chi connectivity index (χ4n) is 2.82. The summed E-state index contributed by atoms with van der Waals surface area (Å²) in [5, 5.41) is 6.05. The highest BCUT2D eigenvalue weighted by molar-refractivity contribution is 5.90. The molecule has 0 saturated carbocycles. The van der Waals surface area contributed by atoms with Gasteiger partial charge in [0.15, 0.2) is 0 Å². The Bertz CT molecular complexity index is 816. The summed E-state index contributed by atoms with van der Waals surface area (Å²) in [7, 11) is 0. The molecule has 2 amide bonds. The number of para-hydroxylation sites is 1. The zero-order valence-electron chi connectivity index (χ0n) is 14.3. The predicted octanol–water partition coefficient (Wildman–Crippen LogP) is 5.10. The molecule has 3 rings (SSSR count). The van der Waals surface area contributed by atoms with Crippen molar-refractivity contribution >= 4 is 11.7 Å². The summed E-state index contributed by atoms with van der Waals surface area (Å²) in [6, 6.07) is 27.7. The second kappa shape index (κ2) is 8.15. The number of urea groups is 1. The standard InChI is InChI=1S/C22H22N2O/c1-17-10-8-9-15-20(17)23-22(25)24-21(19-13-6-3-7-14-19)16-18-11-4-2-5-12-18/h2-15,21H,16H2,1H3,(H2,23,24,25)/t21-/m0/s1. The van der Waals surface area contributed by atoms with Crippen LogP contribution >= 0.6 is 0 Å². The maximum absolute atomic E-state index is 12.5. The number of aryl methyl sites for hydroxylation is 1. The van der Waals surface area contributed by atoms with E-state index >= 15 is 0 Å². The molecule has 0 aliphatic rings. The summed E-state index contributed by atoms with van der Waals surface area (Å²) in [5.41, 5.74) is 4.14. The average molecular weight is 330 g/mol. The summed E-state index contributed by atoms with van der Waals surface area (Å²) in [5.74, 6) is 0. The monoisotopic (exact) mass is 330 g/mol. The fourth-order valence-corrected chi connectivity index (χ4v) is 2.82. The minimum Gasteiger partial charge on any atom is -0.331 e. The van der Waals surface area contributed by atoms with Crippen molar-refractivity contribution in [2.75, 3.05) is 5.32 Å². The topological polar surface area (TPSA) is 41.1 Å². The van der Waals surface area contributed by atoms with Crippen LogP contribution in [0.15, 0.2) is 84.9 Å². The van der Waals surface area contributed by atoms with E-state index in [9.17, 15) is 4.79 Å². The lowest BCUT2D eigenvalue weighted by atomic mass is 9.99. The van der Waals surface area contributed by atoms with Crippen LogP contribution in [0.3, 0.4) is 0 Å². The van der Waals surface area contributed by atoms with Crippen LogP contribution in [0, 0.1) is 6.92 Å². The number of carbonyl (C=O) groups excluding carboxylic acids is 1. The molecule has 0 spiro atoms. The van der Waals surface area contributed by atoms with E-state index in [4.69, 9.17) is 0 Å². The number of amides is 2. The first-order chi connectivity index (χ1) is 12.2. The highest BCUT2D eigenvalue weighted by atomic mass is 16.2. The lowest BCUT2D eigenvalue weighted by Gasteiger charge is -2.20. The molecule has 0 bridgehead atoms. The summed E-state index contributed by atoms with van der Waals surface area (Å²) in [6.45, 7) is 1.98. The molecule has 0 aromatic heterocycles. The van der Waals surface area contributed by atoms with E-state index in [1.54, 1.807) is 0 Å². The third kappa shape index (κ3) is 4.70. The molecule has 126 valence electrons. The van der Waals surface area contributed by atoms with Crippen molar-refractivity contribution in [1.29, 1.82) is 0 Å². The maximum Gasteiger partial charge on any atom is 0.319 e. The van der Waals surface area contributed by atoms with Gasteiger partial charge in [-0.15, -0.1) is 0 Å². The van der Waals surface area contributed by atoms with Crippen molar-refractivity contribution < 1.29 is 4.79 Å². The van der Waals surface area contributed by atoms with Crippen LogP contribution in [-0.2, 0) is 6.42 Å². The molecule has 0 aliphatic carbocycles. The summed E-state index contributed by atoms with van der Waals surface area (Å²) < 4.78 is 0. The first kappa shape index (κ1) is 16.8. The zero-order valence-corrected chi connectivity index (χ0v) is 14.3. The minimum atomic E-state index is -0.195. The molecule has 0 radical (unpaired) electrons. The predicted molar refractivity (Wildman–Crippen MR) is 103 cm³/mol. The third-order valence-electron chi connectivity index (χ3n) is 4.18. The van der Waals surface area contributed by atoms with Crippen LogP contribution in [0.5, 0.6) is 0 Å². The lowest BCUT2D eigenvalue weighted by Crippen LogP contribution is -2.33. The average Bonchev–Trinajstić information content (AvgIpc) is 2.65. The molecule has 0 saturated heterocycles. The van der Waals surface area contributed by atoms with Crippen molar-refractivity contribution in [3.63, 3.8) is 0 Å². The first-order valence-electron chi connectivity index (χ1n) is 8.44. The van der Waals surface area contributed by atoms with Gasteiger partial charge in [-0.3, -0.25) is 0 Å². The van der Waals surface area contributed by atoms with Gasteiger partial charge in [-0.05, 0) is 36.1 Å². The van der Waals surface area contributed by atoms with E-state index in [2.05, 4.69) is 22.8 Å². The molecule has 3 heteroatoms. The lowest BCUT2D eigenvalue weighted by molar-refractivity contribution is 0.248.